The Hall–Kier alpha value is -2.26. The predicted molar refractivity (Wildman–Crippen MR) is 110 cm³/mol. The third-order valence-corrected chi connectivity index (χ3v) is 8.24. The molecule has 4 rings (SSSR count). The summed E-state index contributed by atoms with van der Waals surface area (Å²) in [6.45, 7) is 0.750. The summed E-state index contributed by atoms with van der Waals surface area (Å²) in [6, 6.07) is 6.00. The van der Waals surface area contributed by atoms with Gasteiger partial charge in [-0.05, 0) is 49.9 Å². The second-order valence-electron chi connectivity index (χ2n) is 8.30. The molecule has 0 unspecified atom stereocenters. The van der Waals surface area contributed by atoms with Crippen LogP contribution in [0.25, 0.3) is 0 Å². The third kappa shape index (κ3) is 4.00. The van der Waals surface area contributed by atoms with Gasteiger partial charge in [-0.15, -0.1) is 0 Å². The molecule has 2 heterocycles. The van der Waals surface area contributed by atoms with Crippen molar-refractivity contribution in [2.24, 2.45) is 11.8 Å². The maximum atomic E-state index is 12.7. The van der Waals surface area contributed by atoms with Gasteiger partial charge in [0.05, 0.1) is 16.7 Å². The van der Waals surface area contributed by atoms with E-state index in [0.717, 1.165) is 37.0 Å². The van der Waals surface area contributed by atoms with E-state index in [1.807, 2.05) is 0 Å². The van der Waals surface area contributed by atoms with Crippen LogP contribution in [0.3, 0.4) is 0 Å². The normalized spacial score (nSPS) is 25.3. The Bertz CT molecular complexity index is 914. The quantitative estimate of drug-likeness (QED) is 0.715. The molecule has 1 aromatic carbocycles. The molecule has 1 N–H and O–H groups in total. The molecular weight excluding hydrogens is 406 g/mol. The lowest BCUT2D eigenvalue weighted by atomic mass is 9.81. The number of hydrogen-bond acceptors (Lipinski definition) is 5. The molecule has 1 aliphatic carbocycles. The molecule has 0 spiro atoms. The molecule has 0 aromatic heterocycles. The topological polar surface area (TPSA) is 104 Å². The van der Waals surface area contributed by atoms with E-state index in [-0.39, 0.29) is 35.1 Å². The first kappa shape index (κ1) is 21.0. The fourth-order valence-electron chi connectivity index (χ4n) is 4.70. The third-order valence-electron chi connectivity index (χ3n) is 6.33. The van der Waals surface area contributed by atoms with Gasteiger partial charge in [0.2, 0.25) is 27.7 Å². The Labute approximate surface area is 176 Å². The van der Waals surface area contributed by atoms with Crippen molar-refractivity contribution in [2.75, 3.05) is 25.0 Å². The highest BCUT2D eigenvalue weighted by Crippen LogP contribution is 2.37. The average Bonchev–Trinajstić information content (AvgIpc) is 3.00. The number of amides is 3. The molecular formula is C21H27N3O5S. The standard InChI is InChI=1S/C21H27N3O5S/c25-19(14-24-20(26)17-6-2-3-7-18(17)21(24)27)22-15-8-10-16(11-9-15)30(28,29)23-12-4-1-5-13-23/h8-11,17-18H,1-7,12-14H2,(H,22,25)/t17-,18-/m0/s1. The number of benzene rings is 1. The van der Waals surface area contributed by atoms with Gasteiger partial charge < -0.3 is 5.32 Å². The largest absolute Gasteiger partial charge is 0.325 e. The van der Waals surface area contributed by atoms with Crippen molar-refractivity contribution < 1.29 is 22.8 Å². The lowest BCUT2D eigenvalue weighted by molar-refractivity contribution is -0.142. The molecule has 3 fully saturated rings. The van der Waals surface area contributed by atoms with Gasteiger partial charge in [0.15, 0.2) is 0 Å². The van der Waals surface area contributed by atoms with Gasteiger partial charge in [0.1, 0.15) is 6.54 Å². The number of nitrogens with zero attached hydrogens (tertiary/aromatic N) is 2. The van der Waals surface area contributed by atoms with Crippen molar-refractivity contribution in [1.29, 1.82) is 0 Å². The van der Waals surface area contributed by atoms with Crippen molar-refractivity contribution in [2.45, 2.75) is 49.8 Å². The van der Waals surface area contributed by atoms with Crippen molar-refractivity contribution in [3.8, 4) is 0 Å². The predicted octanol–water partition coefficient (Wildman–Crippen LogP) is 1.97. The summed E-state index contributed by atoms with van der Waals surface area (Å²) in [7, 11) is -3.53. The molecule has 30 heavy (non-hydrogen) atoms. The Morgan fingerprint density at radius 3 is 2.03 bits per heavy atom. The number of hydrogen-bond donors (Lipinski definition) is 1. The number of imide groups is 1. The Balaban J connectivity index is 1.38. The molecule has 162 valence electrons. The van der Waals surface area contributed by atoms with Gasteiger partial charge >= 0.3 is 0 Å². The van der Waals surface area contributed by atoms with E-state index in [0.29, 0.717) is 31.6 Å². The zero-order valence-corrected chi connectivity index (χ0v) is 17.7. The van der Waals surface area contributed by atoms with Crippen LogP contribution in [-0.2, 0) is 24.4 Å². The Morgan fingerprint density at radius 2 is 1.47 bits per heavy atom. The van der Waals surface area contributed by atoms with Crippen LogP contribution in [0.4, 0.5) is 5.69 Å². The number of rotatable bonds is 5. The van der Waals surface area contributed by atoms with Crippen LogP contribution in [0.2, 0.25) is 0 Å². The number of nitrogens with one attached hydrogen (secondary N) is 1. The van der Waals surface area contributed by atoms with E-state index >= 15 is 0 Å². The maximum absolute atomic E-state index is 12.7. The second kappa shape index (κ2) is 8.47. The van der Waals surface area contributed by atoms with Crippen LogP contribution in [0, 0.1) is 11.8 Å². The number of anilines is 1. The lowest BCUT2D eigenvalue weighted by Crippen LogP contribution is -2.38. The van der Waals surface area contributed by atoms with Crippen molar-refractivity contribution in [3.05, 3.63) is 24.3 Å². The van der Waals surface area contributed by atoms with Crippen molar-refractivity contribution >= 4 is 33.4 Å². The molecule has 3 amide bonds. The van der Waals surface area contributed by atoms with Gasteiger partial charge in [-0.1, -0.05) is 19.3 Å². The summed E-state index contributed by atoms with van der Waals surface area (Å²) >= 11 is 0. The van der Waals surface area contributed by atoms with Crippen LogP contribution in [0.15, 0.2) is 29.2 Å². The molecule has 1 aromatic rings. The van der Waals surface area contributed by atoms with Crippen molar-refractivity contribution in [3.63, 3.8) is 0 Å². The van der Waals surface area contributed by atoms with Gasteiger partial charge in [0, 0.05) is 18.8 Å². The summed E-state index contributed by atoms with van der Waals surface area (Å²) in [6.07, 6.45) is 6.06. The van der Waals surface area contributed by atoms with Crippen LogP contribution in [0.1, 0.15) is 44.9 Å². The van der Waals surface area contributed by atoms with Crippen LogP contribution in [-0.4, -0.2) is 55.0 Å². The second-order valence-corrected chi connectivity index (χ2v) is 10.2. The minimum absolute atomic E-state index is 0.191. The SMILES string of the molecule is O=C(CN1C(=O)[C@H]2CCCC[C@@H]2C1=O)Nc1ccc(S(=O)(=O)N2CCCCC2)cc1. The molecule has 3 aliphatic rings. The Kier molecular flexibility index (Phi) is 5.92. The number of carbonyl (C=O) groups is 3. The summed E-state index contributed by atoms with van der Waals surface area (Å²) in [4.78, 5) is 38.7. The van der Waals surface area contributed by atoms with Gasteiger partial charge in [-0.3, -0.25) is 19.3 Å². The summed E-state index contributed by atoms with van der Waals surface area (Å²) < 4.78 is 26.9. The summed E-state index contributed by atoms with van der Waals surface area (Å²) in [5.74, 6) is -1.52. The van der Waals surface area contributed by atoms with Crippen molar-refractivity contribution in [1.82, 2.24) is 9.21 Å². The van der Waals surface area contributed by atoms with E-state index in [1.54, 1.807) is 0 Å². The molecule has 2 aliphatic heterocycles. The minimum Gasteiger partial charge on any atom is -0.325 e. The van der Waals surface area contributed by atoms with Gasteiger partial charge in [-0.2, -0.15) is 4.31 Å². The molecule has 0 radical (unpaired) electrons. The molecule has 8 nitrogen and oxygen atoms in total. The van der Waals surface area contributed by atoms with Crippen LogP contribution in [0.5, 0.6) is 0 Å². The monoisotopic (exact) mass is 433 g/mol. The number of carbonyl (C=O) groups excluding carboxylic acids is 3. The first-order valence-corrected chi connectivity index (χ1v) is 12.1. The number of piperidine rings is 1. The van der Waals surface area contributed by atoms with Gasteiger partial charge in [0.25, 0.3) is 0 Å². The maximum Gasteiger partial charge on any atom is 0.244 e. The first-order chi connectivity index (χ1) is 14.4. The molecule has 2 atom stereocenters. The molecule has 2 saturated heterocycles. The molecule has 9 heteroatoms. The Morgan fingerprint density at radius 1 is 0.900 bits per heavy atom. The lowest BCUT2D eigenvalue weighted by Gasteiger charge is -2.25. The van der Waals surface area contributed by atoms with E-state index < -0.39 is 15.9 Å². The van der Waals surface area contributed by atoms with E-state index in [2.05, 4.69) is 5.32 Å². The zero-order chi connectivity index (χ0) is 21.3. The zero-order valence-electron chi connectivity index (χ0n) is 16.9. The summed E-state index contributed by atoms with van der Waals surface area (Å²) in [5.41, 5.74) is 0.425. The van der Waals surface area contributed by atoms with E-state index in [9.17, 15) is 22.8 Å². The smallest absolute Gasteiger partial charge is 0.244 e. The fraction of sp³-hybridized carbons (Fsp3) is 0.571. The number of sulfonamides is 1. The number of fused-ring (bicyclic) bond motifs is 1. The molecule has 1 saturated carbocycles. The number of likely N-dealkylation sites (tertiary alicyclic amines) is 1. The highest BCUT2D eigenvalue weighted by atomic mass is 32.2. The minimum atomic E-state index is -3.53. The summed E-state index contributed by atoms with van der Waals surface area (Å²) in [5, 5.41) is 2.66. The van der Waals surface area contributed by atoms with E-state index in [4.69, 9.17) is 0 Å². The van der Waals surface area contributed by atoms with E-state index in [1.165, 1.54) is 28.6 Å². The highest BCUT2D eigenvalue weighted by molar-refractivity contribution is 7.89. The van der Waals surface area contributed by atoms with Gasteiger partial charge in [-0.25, -0.2) is 8.42 Å². The molecule has 0 bridgehead atoms. The van der Waals surface area contributed by atoms with Crippen LogP contribution >= 0.6 is 0 Å². The fourth-order valence-corrected chi connectivity index (χ4v) is 6.21. The first-order valence-electron chi connectivity index (χ1n) is 10.6. The highest BCUT2D eigenvalue weighted by Gasteiger charge is 2.48. The average molecular weight is 434 g/mol. The van der Waals surface area contributed by atoms with Crippen LogP contribution < -0.4 is 5.32 Å².